The van der Waals surface area contributed by atoms with Crippen LogP contribution in [0, 0.1) is 0 Å². The molecule has 4 N–H and O–H groups in total. The van der Waals surface area contributed by atoms with Crippen molar-refractivity contribution in [2.75, 3.05) is 0 Å². The fraction of sp³-hybridized carbons (Fsp3) is 0. The van der Waals surface area contributed by atoms with Crippen LogP contribution in [0.25, 0.3) is 0 Å². The van der Waals surface area contributed by atoms with Crippen molar-refractivity contribution >= 4 is 26.5 Å². The van der Waals surface area contributed by atoms with E-state index in [9.17, 15) is 0 Å². The van der Waals surface area contributed by atoms with E-state index in [1.165, 1.54) is 0 Å². The van der Waals surface area contributed by atoms with Gasteiger partial charge in [0.25, 0.3) is 0 Å². The van der Waals surface area contributed by atoms with Crippen molar-refractivity contribution in [2.24, 2.45) is 0 Å². The Morgan fingerprint density at radius 3 is 1.14 bits per heavy atom. The van der Waals surface area contributed by atoms with Crippen LogP contribution in [-0.4, -0.2) is 37.5 Å². The molecule has 0 amide bonds. The minimum Gasteiger partial charge on any atom is -0.672 e. The van der Waals surface area contributed by atoms with Gasteiger partial charge in [0.2, 0.25) is 0 Å². The molecule has 0 aromatic heterocycles. The molecule has 0 spiro atoms. The van der Waals surface area contributed by atoms with Gasteiger partial charge in [0, 0.05) is 9.17 Å². The maximum atomic E-state index is 8.52. The quantitative estimate of drug-likeness (QED) is 0.312. The van der Waals surface area contributed by atoms with Crippen LogP contribution in [-0.2, 0) is 4.46 Å². The summed E-state index contributed by atoms with van der Waals surface area (Å²) >= 11 is 0. The number of rotatable bonds is 0. The molecular formula is H4AlO5Si+. The monoisotopic (exact) mass is 139 g/mol. The standard InChI is InChI=1S/Al.O3Si.2H2O/c;1-4(2)3;;/h;;2*1H2/q+3;-2;;. The van der Waals surface area contributed by atoms with E-state index in [1.54, 1.807) is 0 Å². The molecular weight excluding hydrogens is 135 g/mol. The second-order valence-corrected chi connectivity index (χ2v) is 0.750. The van der Waals surface area contributed by atoms with Crippen molar-refractivity contribution < 1.29 is 25.0 Å². The third-order valence-corrected chi connectivity index (χ3v) is 0. The zero-order valence-electron chi connectivity index (χ0n) is 3.30. The Kier molecular flexibility index (Phi) is 65.4. The maximum Gasteiger partial charge on any atom is 3.00 e. The summed E-state index contributed by atoms with van der Waals surface area (Å²) in [6.07, 6.45) is 0. The summed E-state index contributed by atoms with van der Waals surface area (Å²) in [6.45, 7) is 0. The van der Waals surface area contributed by atoms with Gasteiger partial charge in [-0.2, -0.15) is 0 Å². The second-order valence-electron chi connectivity index (χ2n) is 0.250. The summed E-state index contributed by atoms with van der Waals surface area (Å²) in [7, 11) is -3.63. The van der Waals surface area contributed by atoms with Gasteiger partial charge >= 0.3 is 17.4 Å². The number of hydrogen-bond acceptors (Lipinski definition) is 3. The predicted octanol–water partition coefficient (Wildman–Crippen LogP) is -4.91. The van der Waals surface area contributed by atoms with Crippen LogP contribution in [0.2, 0.25) is 0 Å². The van der Waals surface area contributed by atoms with E-state index >= 15 is 0 Å². The summed E-state index contributed by atoms with van der Waals surface area (Å²) in [5.41, 5.74) is 0. The van der Waals surface area contributed by atoms with Gasteiger partial charge < -0.3 is 25.0 Å². The van der Waals surface area contributed by atoms with Crippen LogP contribution >= 0.6 is 0 Å². The molecule has 0 aromatic rings. The van der Waals surface area contributed by atoms with Gasteiger partial charge in [0.1, 0.15) is 0 Å². The largest absolute Gasteiger partial charge is 3.00 e. The average molecular weight is 139 g/mol. The molecule has 0 aliphatic rings. The van der Waals surface area contributed by atoms with E-state index < -0.39 is 9.17 Å². The van der Waals surface area contributed by atoms with E-state index in [-0.39, 0.29) is 28.3 Å². The minimum absolute atomic E-state index is 0. The Morgan fingerprint density at radius 1 is 1.14 bits per heavy atom. The smallest absolute Gasteiger partial charge is 0.672 e. The molecule has 0 aliphatic heterocycles. The molecule has 0 fully saturated rings. The van der Waals surface area contributed by atoms with Gasteiger partial charge in [-0.25, -0.2) is 0 Å². The maximum absolute atomic E-state index is 8.52. The van der Waals surface area contributed by atoms with E-state index in [0.29, 0.717) is 0 Å². The Morgan fingerprint density at radius 2 is 1.14 bits per heavy atom. The fourth-order valence-corrected chi connectivity index (χ4v) is 0. The van der Waals surface area contributed by atoms with Crippen molar-refractivity contribution in [2.45, 2.75) is 0 Å². The first-order valence-electron chi connectivity index (χ1n) is 0.612. The molecule has 0 radical (unpaired) electrons. The molecule has 40 valence electrons. The molecule has 0 aromatic carbocycles. The molecule has 5 nitrogen and oxygen atoms in total. The van der Waals surface area contributed by atoms with Crippen LogP contribution < -0.4 is 9.59 Å². The Hall–Kier alpha value is 0.0694. The molecule has 7 heavy (non-hydrogen) atoms. The van der Waals surface area contributed by atoms with Crippen LogP contribution in [0.15, 0.2) is 0 Å². The van der Waals surface area contributed by atoms with Crippen LogP contribution in [0.3, 0.4) is 0 Å². The van der Waals surface area contributed by atoms with Gasteiger partial charge in [-0.3, -0.25) is 0 Å². The van der Waals surface area contributed by atoms with Crippen LogP contribution in [0.5, 0.6) is 0 Å². The first kappa shape index (κ1) is 27.6. The summed E-state index contributed by atoms with van der Waals surface area (Å²) in [4.78, 5) is 17.0. The average Bonchev–Trinajstić information content (AvgIpc) is 0.811. The second kappa shape index (κ2) is 16.6. The Labute approximate surface area is 52.2 Å². The predicted molar refractivity (Wildman–Crippen MR) is 19.4 cm³/mol. The summed E-state index contributed by atoms with van der Waals surface area (Å²) < 4.78 is 8.52. The van der Waals surface area contributed by atoms with Gasteiger partial charge in [-0.15, -0.1) is 0 Å². The fourth-order valence-electron chi connectivity index (χ4n) is 0. The normalized spacial score (nSPS) is 3.43. The van der Waals surface area contributed by atoms with E-state index in [4.69, 9.17) is 14.1 Å². The van der Waals surface area contributed by atoms with E-state index in [0.717, 1.165) is 0 Å². The molecule has 0 saturated heterocycles. The summed E-state index contributed by atoms with van der Waals surface area (Å²) in [5, 5.41) is 0. The van der Waals surface area contributed by atoms with E-state index in [1.807, 2.05) is 0 Å². The molecule has 0 aliphatic carbocycles. The number of hydrogen-bond donors (Lipinski definition) is 0. The Balaban J connectivity index is -0.0000000150. The molecule has 0 unspecified atom stereocenters. The van der Waals surface area contributed by atoms with Gasteiger partial charge in [0.15, 0.2) is 0 Å². The molecule has 0 bridgehead atoms. The van der Waals surface area contributed by atoms with Crippen molar-refractivity contribution in [3.05, 3.63) is 0 Å². The SMILES string of the molecule is O.O.O=[Si]([O-])[O-].[Al+3]. The first-order chi connectivity index (χ1) is 1.73. The zero-order valence-corrected chi connectivity index (χ0v) is 5.46. The Bertz CT molecular complexity index is 31.1. The van der Waals surface area contributed by atoms with Crippen LogP contribution in [0.4, 0.5) is 0 Å². The first-order valence-corrected chi connectivity index (χ1v) is 1.84. The third-order valence-electron chi connectivity index (χ3n) is 0. The summed E-state index contributed by atoms with van der Waals surface area (Å²) in [6, 6.07) is 0. The van der Waals surface area contributed by atoms with Crippen LogP contribution in [0.1, 0.15) is 0 Å². The van der Waals surface area contributed by atoms with Crippen molar-refractivity contribution in [1.82, 2.24) is 0 Å². The van der Waals surface area contributed by atoms with E-state index in [2.05, 4.69) is 0 Å². The van der Waals surface area contributed by atoms with Gasteiger partial charge in [-0.1, -0.05) is 0 Å². The molecule has 0 saturated carbocycles. The molecule has 0 heterocycles. The van der Waals surface area contributed by atoms with Crippen molar-refractivity contribution in [1.29, 1.82) is 0 Å². The van der Waals surface area contributed by atoms with Crippen molar-refractivity contribution in [3.63, 3.8) is 0 Å². The topological polar surface area (TPSA) is 126 Å². The minimum atomic E-state index is -3.63. The molecule has 7 heteroatoms. The van der Waals surface area contributed by atoms with Gasteiger partial charge in [0.05, 0.1) is 0 Å². The molecule has 0 atom stereocenters. The third kappa shape index (κ3) is 20900. The van der Waals surface area contributed by atoms with Gasteiger partial charge in [-0.05, 0) is 0 Å². The zero-order chi connectivity index (χ0) is 3.58. The molecule has 0 rings (SSSR count). The summed E-state index contributed by atoms with van der Waals surface area (Å²) in [5.74, 6) is 0. The van der Waals surface area contributed by atoms with Crippen molar-refractivity contribution in [3.8, 4) is 0 Å².